The van der Waals surface area contributed by atoms with Gasteiger partial charge >= 0.3 is 6.36 Å². The molecule has 1 N–H and O–H groups in total. The first-order chi connectivity index (χ1) is 13.8. The van der Waals surface area contributed by atoms with E-state index in [-0.39, 0.29) is 29.3 Å². The highest BCUT2D eigenvalue weighted by atomic mass is 19.4. The summed E-state index contributed by atoms with van der Waals surface area (Å²) in [6.45, 7) is 10.3. The van der Waals surface area contributed by atoms with E-state index in [0.29, 0.717) is 16.7 Å². The van der Waals surface area contributed by atoms with Gasteiger partial charge in [0.05, 0.1) is 5.41 Å². The summed E-state index contributed by atoms with van der Waals surface area (Å²) in [5, 5.41) is 10.6. The maximum Gasteiger partial charge on any atom is 0.573 e. The van der Waals surface area contributed by atoms with Crippen LogP contribution >= 0.6 is 0 Å². The van der Waals surface area contributed by atoms with Gasteiger partial charge in [0, 0.05) is 16.9 Å². The Labute approximate surface area is 172 Å². The van der Waals surface area contributed by atoms with Gasteiger partial charge in [-0.1, -0.05) is 32.6 Å². The second kappa shape index (κ2) is 6.86. The lowest BCUT2D eigenvalue weighted by atomic mass is 9.45. The SMILES string of the molecule is C=CC1=CCC2(C)C(=O)C(C)=C(C)C(=O)C2(C)C1c1cc(OC(F)(F)F)ccc1O. The molecule has 4 nitrogen and oxygen atoms in total. The van der Waals surface area contributed by atoms with Crippen molar-refractivity contribution >= 4 is 11.6 Å². The van der Waals surface area contributed by atoms with Crippen LogP contribution in [0.25, 0.3) is 0 Å². The van der Waals surface area contributed by atoms with E-state index >= 15 is 0 Å². The molecule has 0 heterocycles. The molecule has 0 spiro atoms. The highest BCUT2D eigenvalue weighted by molar-refractivity contribution is 6.17. The van der Waals surface area contributed by atoms with Gasteiger partial charge in [-0.05, 0) is 55.2 Å². The zero-order chi connectivity index (χ0) is 22.6. The van der Waals surface area contributed by atoms with Crippen molar-refractivity contribution in [2.24, 2.45) is 10.8 Å². The van der Waals surface area contributed by atoms with E-state index in [1.54, 1.807) is 33.8 Å². The van der Waals surface area contributed by atoms with Crippen molar-refractivity contribution in [3.8, 4) is 11.5 Å². The number of alkyl halides is 3. The van der Waals surface area contributed by atoms with E-state index in [1.807, 2.05) is 0 Å². The number of carbonyl (C=O) groups is 2. The molecule has 0 fully saturated rings. The first kappa shape index (κ1) is 21.9. The standard InChI is InChI=1S/C23H23F3O4/c1-6-14-9-10-21(4)19(28)12(2)13(3)20(29)22(21,5)18(14)16-11-15(7-8-17(16)27)30-23(24,25)26/h6-9,11,18,27H,1,10H2,2-5H3. The van der Waals surface area contributed by atoms with Crippen LogP contribution in [0.4, 0.5) is 13.2 Å². The quantitative estimate of drug-likeness (QED) is 0.712. The number of Topliss-reactive ketones (excluding diaryl/α,β-unsaturated/α-hetero) is 2. The maximum atomic E-state index is 13.5. The summed E-state index contributed by atoms with van der Waals surface area (Å²) in [7, 11) is 0. The molecule has 3 rings (SSSR count). The first-order valence-electron chi connectivity index (χ1n) is 9.46. The largest absolute Gasteiger partial charge is 0.573 e. The molecular formula is C23H23F3O4. The number of phenolic OH excluding ortho intramolecular Hbond substituents is 1. The zero-order valence-corrected chi connectivity index (χ0v) is 17.2. The van der Waals surface area contributed by atoms with Crippen molar-refractivity contribution in [2.45, 2.75) is 46.4 Å². The van der Waals surface area contributed by atoms with E-state index in [9.17, 15) is 27.9 Å². The monoisotopic (exact) mass is 420 g/mol. The average Bonchev–Trinajstić information content (AvgIpc) is 2.67. The molecule has 7 heteroatoms. The number of carbonyl (C=O) groups excluding carboxylic acids is 2. The zero-order valence-electron chi connectivity index (χ0n) is 17.2. The summed E-state index contributed by atoms with van der Waals surface area (Å²) in [6.07, 6.45) is -1.38. The number of halogens is 3. The summed E-state index contributed by atoms with van der Waals surface area (Å²) in [5.41, 5.74) is -1.13. The lowest BCUT2D eigenvalue weighted by Crippen LogP contribution is -2.57. The van der Waals surface area contributed by atoms with Crippen molar-refractivity contribution in [3.63, 3.8) is 0 Å². The number of rotatable bonds is 3. The fourth-order valence-corrected chi connectivity index (χ4v) is 4.81. The second-order valence-electron chi connectivity index (χ2n) is 8.26. The van der Waals surface area contributed by atoms with Crippen molar-refractivity contribution < 1.29 is 32.6 Å². The Balaban J connectivity index is 2.30. The number of aromatic hydroxyl groups is 1. The Morgan fingerprint density at radius 2 is 1.77 bits per heavy atom. The summed E-state index contributed by atoms with van der Waals surface area (Å²) in [5.74, 6) is -2.16. The van der Waals surface area contributed by atoms with Gasteiger partial charge in [-0.15, -0.1) is 13.2 Å². The number of phenols is 1. The number of benzene rings is 1. The van der Waals surface area contributed by atoms with Crippen LogP contribution in [0, 0.1) is 10.8 Å². The summed E-state index contributed by atoms with van der Waals surface area (Å²) < 4.78 is 42.3. The van der Waals surface area contributed by atoms with Gasteiger partial charge in [-0.2, -0.15) is 0 Å². The number of ether oxygens (including phenoxy) is 1. The van der Waals surface area contributed by atoms with Gasteiger partial charge in [-0.25, -0.2) is 0 Å². The van der Waals surface area contributed by atoms with Gasteiger partial charge in [0.15, 0.2) is 11.6 Å². The third kappa shape index (κ3) is 2.99. The highest BCUT2D eigenvalue weighted by Crippen LogP contribution is 2.63. The molecule has 30 heavy (non-hydrogen) atoms. The molecule has 0 aliphatic heterocycles. The molecule has 2 aliphatic rings. The summed E-state index contributed by atoms with van der Waals surface area (Å²) in [4.78, 5) is 26.8. The topological polar surface area (TPSA) is 63.6 Å². The van der Waals surface area contributed by atoms with Crippen LogP contribution in [0.5, 0.6) is 11.5 Å². The fraction of sp³-hybridized carbons (Fsp3) is 0.391. The van der Waals surface area contributed by atoms with Crippen molar-refractivity contribution in [2.75, 3.05) is 0 Å². The van der Waals surface area contributed by atoms with Crippen molar-refractivity contribution in [1.82, 2.24) is 0 Å². The number of hydrogen-bond donors (Lipinski definition) is 1. The van der Waals surface area contributed by atoms with E-state index in [0.717, 1.165) is 18.2 Å². The Morgan fingerprint density at radius 3 is 2.33 bits per heavy atom. The average molecular weight is 420 g/mol. The lowest BCUT2D eigenvalue weighted by Gasteiger charge is -2.54. The second-order valence-corrected chi connectivity index (χ2v) is 8.26. The molecule has 1 aromatic rings. The van der Waals surface area contributed by atoms with Crippen molar-refractivity contribution in [3.05, 3.63) is 59.2 Å². The van der Waals surface area contributed by atoms with Gasteiger partial charge in [0.2, 0.25) is 0 Å². The minimum absolute atomic E-state index is 0.0739. The molecule has 0 saturated heterocycles. The number of hydrogen-bond acceptors (Lipinski definition) is 4. The molecule has 0 aromatic heterocycles. The Hall–Kier alpha value is -2.83. The predicted molar refractivity (Wildman–Crippen MR) is 105 cm³/mol. The van der Waals surface area contributed by atoms with E-state index in [2.05, 4.69) is 11.3 Å². The maximum absolute atomic E-state index is 13.5. The van der Waals surface area contributed by atoms with Crippen molar-refractivity contribution in [1.29, 1.82) is 0 Å². The molecule has 0 saturated carbocycles. The Morgan fingerprint density at radius 1 is 1.17 bits per heavy atom. The molecule has 3 atom stereocenters. The van der Waals surface area contributed by atoms with E-state index < -0.39 is 28.9 Å². The molecule has 2 aliphatic carbocycles. The number of allylic oxidation sites excluding steroid dienone is 5. The molecule has 0 radical (unpaired) electrons. The Bertz CT molecular complexity index is 1020. The van der Waals surface area contributed by atoms with Crippen LogP contribution in [0.15, 0.2) is 53.6 Å². The van der Waals surface area contributed by atoms with Crippen LogP contribution in [0.1, 0.15) is 45.6 Å². The third-order valence-corrected chi connectivity index (χ3v) is 6.80. The molecule has 3 unspecified atom stereocenters. The van der Waals surface area contributed by atoms with Crippen LogP contribution < -0.4 is 4.74 Å². The van der Waals surface area contributed by atoms with E-state index in [1.165, 1.54) is 6.08 Å². The van der Waals surface area contributed by atoms with Crippen LogP contribution in [0.2, 0.25) is 0 Å². The van der Waals surface area contributed by atoms with Gasteiger partial charge < -0.3 is 9.84 Å². The van der Waals surface area contributed by atoms with E-state index in [4.69, 9.17) is 0 Å². The highest BCUT2D eigenvalue weighted by Gasteiger charge is 2.63. The normalized spacial score (nSPS) is 29.4. The fourth-order valence-electron chi connectivity index (χ4n) is 4.81. The van der Waals surface area contributed by atoms with Gasteiger partial charge in [-0.3, -0.25) is 9.59 Å². The van der Waals surface area contributed by atoms with Gasteiger partial charge in [0.25, 0.3) is 0 Å². The minimum Gasteiger partial charge on any atom is -0.508 e. The Kier molecular flexibility index (Phi) is 5.00. The smallest absolute Gasteiger partial charge is 0.508 e. The molecule has 160 valence electrons. The van der Waals surface area contributed by atoms with Gasteiger partial charge in [0.1, 0.15) is 11.5 Å². The minimum atomic E-state index is -4.91. The third-order valence-electron chi connectivity index (χ3n) is 6.80. The van der Waals surface area contributed by atoms with Crippen LogP contribution in [-0.4, -0.2) is 23.0 Å². The summed E-state index contributed by atoms with van der Waals surface area (Å²) in [6, 6.07) is 3.16. The molecular weight excluding hydrogens is 397 g/mol. The molecule has 0 bridgehead atoms. The molecule has 0 amide bonds. The number of fused-ring (bicyclic) bond motifs is 1. The molecule has 1 aromatic carbocycles. The number of ketones is 2. The first-order valence-corrected chi connectivity index (χ1v) is 9.46. The van der Waals surface area contributed by atoms with Crippen LogP contribution in [-0.2, 0) is 9.59 Å². The summed E-state index contributed by atoms with van der Waals surface area (Å²) >= 11 is 0. The van der Waals surface area contributed by atoms with Crippen LogP contribution in [0.3, 0.4) is 0 Å². The predicted octanol–water partition coefficient (Wildman–Crippen LogP) is 5.39. The lowest BCUT2D eigenvalue weighted by molar-refractivity contribution is -0.274.